The number of aromatic nitrogens is 3. The fraction of sp³-hybridized carbons (Fsp3) is 0.400. The summed E-state index contributed by atoms with van der Waals surface area (Å²) in [4.78, 5) is 10.2. The van der Waals surface area contributed by atoms with E-state index in [1.54, 1.807) is 6.20 Å². The molecule has 0 aromatic carbocycles. The zero-order chi connectivity index (χ0) is 8.27. The van der Waals surface area contributed by atoms with E-state index in [-0.39, 0.29) is 31.4 Å². The predicted octanol–water partition coefficient (Wildman–Crippen LogP) is -0.466. The second kappa shape index (κ2) is 6.64. The number of halogens is 2. The second-order valence-electron chi connectivity index (χ2n) is 2.07. The Morgan fingerprint density at radius 3 is 2.62 bits per heavy atom. The summed E-state index contributed by atoms with van der Waals surface area (Å²) in [5.74, 6) is -1.04. The van der Waals surface area contributed by atoms with Gasteiger partial charge in [0.2, 0.25) is 0 Å². The Bertz CT molecular complexity index is 241. The number of hydrogen-bond acceptors (Lipinski definition) is 4. The van der Waals surface area contributed by atoms with Gasteiger partial charge in [0.1, 0.15) is 6.04 Å². The molecule has 0 saturated carbocycles. The van der Waals surface area contributed by atoms with Crippen molar-refractivity contribution in [3.05, 3.63) is 12.4 Å². The van der Waals surface area contributed by atoms with Crippen molar-refractivity contribution in [2.24, 2.45) is 5.73 Å². The molecule has 0 aliphatic heterocycles. The zero-order valence-corrected chi connectivity index (χ0v) is 8.16. The molecule has 3 N–H and O–H groups in total. The summed E-state index contributed by atoms with van der Waals surface area (Å²) in [6.45, 7) is 0.148. The van der Waals surface area contributed by atoms with Crippen LogP contribution in [0.4, 0.5) is 0 Å². The molecule has 1 heterocycles. The Hall–Kier alpha value is -0.850. The number of aliphatic carboxylic acids is 1. The van der Waals surface area contributed by atoms with Gasteiger partial charge in [-0.05, 0) is 0 Å². The van der Waals surface area contributed by atoms with E-state index in [1.807, 2.05) is 0 Å². The van der Waals surface area contributed by atoms with Crippen molar-refractivity contribution >= 4 is 30.8 Å². The van der Waals surface area contributed by atoms with Crippen molar-refractivity contribution < 1.29 is 9.90 Å². The number of hydrogen-bond donors (Lipinski definition) is 2. The van der Waals surface area contributed by atoms with Gasteiger partial charge < -0.3 is 10.8 Å². The highest BCUT2D eigenvalue weighted by atomic mass is 35.5. The third-order valence-electron chi connectivity index (χ3n) is 1.17. The monoisotopic (exact) mass is 228 g/mol. The van der Waals surface area contributed by atoms with Crippen molar-refractivity contribution in [3.63, 3.8) is 0 Å². The van der Waals surface area contributed by atoms with Crippen molar-refractivity contribution in [2.45, 2.75) is 12.6 Å². The Morgan fingerprint density at radius 1 is 1.62 bits per heavy atom. The largest absolute Gasteiger partial charge is 0.480 e. The quantitative estimate of drug-likeness (QED) is 0.730. The van der Waals surface area contributed by atoms with Crippen LogP contribution in [0.2, 0.25) is 0 Å². The molecular formula is C5H10Cl2N4O2. The van der Waals surface area contributed by atoms with Crippen LogP contribution in [0.15, 0.2) is 12.4 Å². The smallest absolute Gasteiger partial charge is 0.322 e. The van der Waals surface area contributed by atoms with E-state index in [4.69, 9.17) is 10.8 Å². The van der Waals surface area contributed by atoms with Gasteiger partial charge in [-0.2, -0.15) is 0 Å². The summed E-state index contributed by atoms with van der Waals surface area (Å²) >= 11 is 0. The molecule has 8 heteroatoms. The first-order valence-electron chi connectivity index (χ1n) is 3.02. The van der Waals surface area contributed by atoms with Gasteiger partial charge in [0, 0.05) is 6.20 Å². The molecule has 0 fully saturated rings. The second-order valence-corrected chi connectivity index (χ2v) is 2.07. The van der Waals surface area contributed by atoms with Crippen molar-refractivity contribution in [1.82, 2.24) is 15.0 Å². The predicted molar refractivity (Wildman–Crippen MR) is 50.1 cm³/mol. The minimum atomic E-state index is -1.04. The fourth-order valence-corrected chi connectivity index (χ4v) is 0.610. The SMILES string of the molecule is Cl.Cl.N[C@@H](Cn1ccnn1)C(=O)O. The molecule has 0 radical (unpaired) electrons. The molecule has 0 bridgehead atoms. The number of carbonyl (C=O) groups is 1. The lowest BCUT2D eigenvalue weighted by Gasteiger charge is -2.03. The first-order valence-corrected chi connectivity index (χ1v) is 3.02. The van der Waals surface area contributed by atoms with Gasteiger partial charge in [0.05, 0.1) is 12.7 Å². The maximum atomic E-state index is 10.2. The minimum Gasteiger partial charge on any atom is -0.480 e. The summed E-state index contributed by atoms with van der Waals surface area (Å²) in [6, 6.07) is -0.920. The summed E-state index contributed by atoms with van der Waals surface area (Å²) in [5.41, 5.74) is 5.22. The van der Waals surface area contributed by atoms with Crippen LogP contribution in [-0.2, 0) is 11.3 Å². The van der Waals surface area contributed by atoms with Gasteiger partial charge in [-0.15, -0.1) is 29.9 Å². The molecule has 0 aliphatic carbocycles. The van der Waals surface area contributed by atoms with Gasteiger partial charge >= 0.3 is 5.97 Å². The molecule has 6 nitrogen and oxygen atoms in total. The fourth-order valence-electron chi connectivity index (χ4n) is 0.610. The van der Waals surface area contributed by atoms with Crippen LogP contribution < -0.4 is 5.73 Å². The Kier molecular flexibility index (Phi) is 7.49. The van der Waals surface area contributed by atoms with E-state index in [2.05, 4.69) is 10.3 Å². The number of carboxylic acids is 1. The molecule has 1 atom stereocenters. The van der Waals surface area contributed by atoms with E-state index in [1.165, 1.54) is 10.9 Å². The van der Waals surface area contributed by atoms with Gasteiger partial charge in [0.15, 0.2) is 0 Å². The third kappa shape index (κ3) is 4.66. The lowest BCUT2D eigenvalue weighted by atomic mass is 10.3. The van der Waals surface area contributed by atoms with E-state index in [0.29, 0.717) is 0 Å². The number of rotatable bonds is 3. The maximum absolute atomic E-state index is 10.2. The van der Waals surface area contributed by atoms with Crippen molar-refractivity contribution in [3.8, 4) is 0 Å². The topological polar surface area (TPSA) is 94.0 Å². The zero-order valence-electron chi connectivity index (χ0n) is 6.53. The highest BCUT2D eigenvalue weighted by Crippen LogP contribution is 1.85. The average Bonchev–Trinajstić information content (AvgIpc) is 2.39. The van der Waals surface area contributed by atoms with Crippen LogP contribution in [0, 0.1) is 0 Å². The Morgan fingerprint density at radius 2 is 2.23 bits per heavy atom. The Balaban J connectivity index is 0. The first-order chi connectivity index (χ1) is 5.20. The molecule has 0 spiro atoms. The first kappa shape index (κ1) is 14.7. The molecule has 1 aromatic rings. The lowest BCUT2D eigenvalue weighted by molar-refractivity contribution is -0.138. The van der Waals surface area contributed by atoms with Gasteiger partial charge in [0.25, 0.3) is 0 Å². The van der Waals surface area contributed by atoms with Crippen LogP contribution in [0.5, 0.6) is 0 Å². The van der Waals surface area contributed by atoms with Crippen LogP contribution in [0.25, 0.3) is 0 Å². The van der Waals surface area contributed by atoms with E-state index >= 15 is 0 Å². The highest BCUT2D eigenvalue weighted by molar-refractivity contribution is 5.85. The normalized spacial score (nSPS) is 10.8. The number of nitrogens with zero attached hydrogens (tertiary/aromatic N) is 3. The highest BCUT2D eigenvalue weighted by Gasteiger charge is 2.11. The van der Waals surface area contributed by atoms with E-state index in [9.17, 15) is 4.79 Å². The maximum Gasteiger partial charge on any atom is 0.322 e. The molecular weight excluding hydrogens is 219 g/mol. The standard InChI is InChI=1S/C5H8N4O2.2ClH/c6-4(5(10)11)3-9-2-1-7-8-9;;/h1-2,4H,3,6H2,(H,10,11);2*1H/t4-;;/m0../s1. The van der Waals surface area contributed by atoms with Crippen LogP contribution >= 0.6 is 24.8 Å². The minimum absolute atomic E-state index is 0. The molecule has 76 valence electrons. The summed E-state index contributed by atoms with van der Waals surface area (Å²) in [5, 5.41) is 15.5. The average molecular weight is 229 g/mol. The van der Waals surface area contributed by atoms with Crippen LogP contribution in [-0.4, -0.2) is 32.1 Å². The molecule has 0 unspecified atom stereocenters. The summed E-state index contributed by atoms with van der Waals surface area (Å²) in [6.07, 6.45) is 3.03. The van der Waals surface area contributed by atoms with Crippen molar-refractivity contribution in [2.75, 3.05) is 0 Å². The number of nitrogens with two attached hydrogens (primary N) is 1. The molecule has 0 saturated heterocycles. The molecule has 13 heavy (non-hydrogen) atoms. The molecule has 1 rings (SSSR count). The number of carboxylic acid groups (broad SMARTS) is 1. The van der Waals surface area contributed by atoms with Crippen LogP contribution in [0.1, 0.15) is 0 Å². The molecule has 0 aliphatic rings. The van der Waals surface area contributed by atoms with Crippen molar-refractivity contribution in [1.29, 1.82) is 0 Å². The van der Waals surface area contributed by atoms with Crippen LogP contribution in [0.3, 0.4) is 0 Å². The van der Waals surface area contributed by atoms with E-state index in [0.717, 1.165) is 0 Å². The molecule has 0 amide bonds. The van der Waals surface area contributed by atoms with E-state index < -0.39 is 12.0 Å². The summed E-state index contributed by atoms with van der Waals surface area (Å²) in [7, 11) is 0. The van der Waals surface area contributed by atoms with Gasteiger partial charge in [-0.3, -0.25) is 9.48 Å². The lowest BCUT2D eigenvalue weighted by Crippen LogP contribution is -2.34. The Labute approximate surface area is 86.9 Å². The van der Waals surface area contributed by atoms with Gasteiger partial charge in [-0.1, -0.05) is 5.21 Å². The third-order valence-corrected chi connectivity index (χ3v) is 1.17. The molecule has 1 aromatic heterocycles. The summed E-state index contributed by atoms with van der Waals surface area (Å²) < 4.78 is 1.37. The van der Waals surface area contributed by atoms with Gasteiger partial charge in [-0.25, -0.2) is 0 Å².